The fourth-order valence-electron chi connectivity index (χ4n) is 2.97. The van der Waals surface area contributed by atoms with Gasteiger partial charge in [0.05, 0.1) is 0 Å². The number of carboxylic acid groups (broad SMARTS) is 1. The molecule has 0 aliphatic heterocycles. The van der Waals surface area contributed by atoms with Crippen molar-refractivity contribution in [3.05, 3.63) is 52.5 Å². The number of carboxylic acids is 1. The molecule has 1 unspecified atom stereocenters. The monoisotopic (exact) mass is 373 g/mol. The molecule has 3 aromatic rings. The van der Waals surface area contributed by atoms with Crippen molar-refractivity contribution in [2.75, 3.05) is 0 Å². The van der Waals surface area contributed by atoms with Gasteiger partial charge in [-0.3, -0.25) is 0 Å². The first-order chi connectivity index (χ1) is 12.0. The molecule has 1 aromatic heterocycles. The number of rotatable bonds is 3. The average molecular weight is 374 g/mol. The van der Waals surface area contributed by atoms with E-state index in [-0.39, 0.29) is 11.2 Å². The molecule has 0 bridgehead atoms. The van der Waals surface area contributed by atoms with Crippen LogP contribution < -0.4 is 0 Å². The molecule has 0 saturated heterocycles. The van der Waals surface area contributed by atoms with E-state index >= 15 is 0 Å². The highest BCUT2D eigenvalue weighted by Crippen LogP contribution is 2.37. The van der Waals surface area contributed by atoms with Gasteiger partial charge < -0.3 is 10.2 Å². The number of nitrogens with zero attached hydrogens (tertiary/aromatic N) is 3. The number of phenolic OH excluding ortho intramolecular Hbond substituents is 1. The zero-order valence-corrected chi connectivity index (χ0v) is 15.7. The molecule has 0 amide bonds. The first-order valence-corrected chi connectivity index (χ1v) is 8.52. The number of carbonyl (C=O) groups is 1. The van der Waals surface area contributed by atoms with Gasteiger partial charge in [-0.15, -0.1) is 0 Å². The fraction of sp³-hybridized carbons (Fsp3) is 0.316. The SMILES string of the molecule is CC(C)(C)c1cc(O)ccc1C(C)(C(=O)O)n1nc2ccc(Cl)cc2n1. The second kappa shape index (κ2) is 5.99. The van der Waals surface area contributed by atoms with Gasteiger partial charge in [-0.2, -0.15) is 15.0 Å². The van der Waals surface area contributed by atoms with Crippen molar-refractivity contribution in [2.24, 2.45) is 0 Å². The van der Waals surface area contributed by atoms with Crippen molar-refractivity contribution in [3.63, 3.8) is 0 Å². The highest BCUT2D eigenvalue weighted by Gasteiger charge is 2.43. The Morgan fingerprint density at radius 1 is 1.00 bits per heavy atom. The van der Waals surface area contributed by atoms with Crippen molar-refractivity contribution in [1.82, 2.24) is 15.0 Å². The molecule has 0 saturated carbocycles. The Labute approximate surface area is 156 Å². The molecule has 7 heteroatoms. The number of hydrogen-bond donors (Lipinski definition) is 2. The van der Waals surface area contributed by atoms with Gasteiger partial charge in [0.15, 0.2) is 0 Å². The maximum absolute atomic E-state index is 12.3. The number of benzene rings is 2. The van der Waals surface area contributed by atoms with E-state index in [0.29, 0.717) is 27.2 Å². The van der Waals surface area contributed by atoms with Crippen molar-refractivity contribution in [1.29, 1.82) is 0 Å². The number of aromatic nitrogens is 3. The largest absolute Gasteiger partial charge is 0.508 e. The lowest BCUT2D eigenvalue weighted by Gasteiger charge is -2.31. The van der Waals surface area contributed by atoms with E-state index in [9.17, 15) is 15.0 Å². The third kappa shape index (κ3) is 2.90. The maximum atomic E-state index is 12.3. The van der Waals surface area contributed by atoms with Crippen LogP contribution in [0.25, 0.3) is 11.0 Å². The van der Waals surface area contributed by atoms with E-state index in [2.05, 4.69) is 10.2 Å². The molecule has 2 aromatic carbocycles. The molecule has 1 heterocycles. The van der Waals surface area contributed by atoms with E-state index in [4.69, 9.17) is 11.6 Å². The van der Waals surface area contributed by atoms with Crippen LogP contribution in [-0.2, 0) is 15.7 Å². The van der Waals surface area contributed by atoms with Crippen molar-refractivity contribution >= 4 is 28.6 Å². The van der Waals surface area contributed by atoms with Crippen molar-refractivity contribution in [2.45, 2.75) is 38.6 Å². The Kier molecular flexibility index (Phi) is 4.19. The highest BCUT2D eigenvalue weighted by atomic mass is 35.5. The molecule has 0 spiro atoms. The summed E-state index contributed by atoms with van der Waals surface area (Å²) in [5.41, 5.74) is 0.352. The van der Waals surface area contributed by atoms with Gasteiger partial charge in [-0.05, 0) is 53.8 Å². The summed E-state index contributed by atoms with van der Waals surface area (Å²) in [6, 6.07) is 9.71. The second-order valence-corrected chi connectivity index (χ2v) is 7.92. The predicted molar refractivity (Wildman–Crippen MR) is 99.7 cm³/mol. The molecule has 0 aliphatic carbocycles. The zero-order chi connectivity index (χ0) is 19.3. The summed E-state index contributed by atoms with van der Waals surface area (Å²) in [5.74, 6) is -1.02. The Bertz CT molecular complexity index is 1010. The molecule has 0 aliphatic rings. The summed E-state index contributed by atoms with van der Waals surface area (Å²) >= 11 is 6.00. The van der Waals surface area contributed by atoms with Gasteiger partial charge in [0.25, 0.3) is 0 Å². The van der Waals surface area contributed by atoms with E-state index < -0.39 is 11.5 Å². The molecule has 3 rings (SSSR count). The van der Waals surface area contributed by atoms with Gasteiger partial charge in [-0.1, -0.05) is 38.4 Å². The van der Waals surface area contributed by atoms with Crippen LogP contribution in [0.5, 0.6) is 5.75 Å². The van der Waals surface area contributed by atoms with E-state index in [0.717, 1.165) is 0 Å². The third-order valence-corrected chi connectivity index (χ3v) is 4.73. The normalized spacial score (nSPS) is 14.3. The Morgan fingerprint density at radius 3 is 2.27 bits per heavy atom. The smallest absolute Gasteiger partial charge is 0.337 e. The molecule has 136 valence electrons. The Balaban J connectivity index is 2.31. The minimum Gasteiger partial charge on any atom is -0.508 e. The molecular weight excluding hydrogens is 354 g/mol. The fourth-order valence-corrected chi connectivity index (χ4v) is 3.14. The summed E-state index contributed by atoms with van der Waals surface area (Å²) in [4.78, 5) is 13.5. The number of aromatic hydroxyl groups is 1. The van der Waals surface area contributed by atoms with Crippen LogP contribution >= 0.6 is 11.6 Å². The van der Waals surface area contributed by atoms with Crippen LogP contribution in [0.15, 0.2) is 36.4 Å². The minimum atomic E-state index is -1.55. The number of phenols is 1. The summed E-state index contributed by atoms with van der Waals surface area (Å²) in [6.07, 6.45) is 0. The average Bonchev–Trinajstić information content (AvgIpc) is 2.96. The molecular formula is C19H20ClN3O3. The number of aliphatic carboxylic acids is 1. The van der Waals surface area contributed by atoms with Crippen LogP contribution in [0.4, 0.5) is 0 Å². The zero-order valence-electron chi connectivity index (χ0n) is 15.0. The first-order valence-electron chi connectivity index (χ1n) is 8.14. The lowest BCUT2D eigenvalue weighted by Crippen LogP contribution is -2.43. The summed E-state index contributed by atoms with van der Waals surface area (Å²) in [5, 5.41) is 29.3. The minimum absolute atomic E-state index is 0.0804. The van der Waals surface area contributed by atoms with Crippen LogP contribution in [0.3, 0.4) is 0 Å². The van der Waals surface area contributed by atoms with Crippen molar-refractivity contribution in [3.8, 4) is 5.75 Å². The third-order valence-electron chi connectivity index (χ3n) is 4.49. The summed E-state index contributed by atoms with van der Waals surface area (Å²) < 4.78 is 0. The standard InChI is InChI=1S/C19H20ClN3O3/c1-18(2,3)14-10-12(24)6-7-13(14)19(4,17(25)26)23-21-15-8-5-11(20)9-16(15)22-23/h5-10,24H,1-4H3,(H,25,26). The van der Waals surface area contributed by atoms with Crippen LogP contribution in [0.1, 0.15) is 38.8 Å². The second-order valence-electron chi connectivity index (χ2n) is 7.48. The van der Waals surface area contributed by atoms with Gasteiger partial charge >= 0.3 is 5.97 Å². The first kappa shape index (κ1) is 18.2. The predicted octanol–water partition coefficient (Wildman–Crippen LogP) is 3.94. The van der Waals surface area contributed by atoms with E-state index in [1.54, 1.807) is 37.3 Å². The highest BCUT2D eigenvalue weighted by molar-refractivity contribution is 6.31. The lowest BCUT2D eigenvalue weighted by atomic mass is 9.77. The molecule has 0 radical (unpaired) electrons. The van der Waals surface area contributed by atoms with Gasteiger partial charge in [-0.25, -0.2) is 4.79 Å². The summed E-state index contributed by atoms with van der Waals surface area (Å²) in [6.45, 7) is 7.43. The maximum Gasteiger partial charge on any atom is 0.337 e. The van der Waals surface area contributed by atoms with Crippen molar-refractivity contribution < 1.29 is 15.0 Å². The van der Waals surface area contributed by atoms with E-state index in [1.807, 2.05) is 20.8 Å². The van der Waals surface area contributed by atoms with E-state index in [1.165, 1.54) is 10.9 Å². The van der Waals surface area contributed by atoms with Crippen LogP contribution in [-0.4, -0.2) is 31.2 Å². The Hall–Kier alpha value is -2.60. The quantitative estimate of drug-likeness (QED) is 0.726. The number of fused-ring (bicyclic) bond motifs is 1. The molecule has 1 atom stereocenters. The lowest BCUT2D eigenvalue weighted by molar-refractivity contribution is -0.145. The van der Waals surface area contributed by atoms with Crippen LogP contribution in [0, 0.1) is 0 Å². The molecule has 26 heavy (non-hydrogen) atoms. The Morgan fingerprint density at radius 2 is 1.65 bits per heavy atom. The molecule has 2 N–H and O–H groups in total. The summed E-state index contributed by atoms with van der Waals surface area (Å²) in [7, 11) is 0. The topological polar surface area (TPSA) is 88.2 Å². The molecule has 0 fully saturated rings. The number of hydrogen-bond acceptors (Lipinski definition) is 4. The van der Waals surface area contributed by atoms with Crippen LogP contribution in [0.2, 0.25) is 5.02 Å². The number of halogens is 1. The molecule has 6 nitrogen and oxygen atoms in total. The van der Waals surface area contributed by atoms with Gasteiger partial charge in [0.2, 0.25) is 5.54 Å². The van der Waals surface area contributed by atoms with Gasteiger partial charge in [0, 0.05) is 5.02 Å². The van der Waals surface area contributed by atoms with Gasteiger partial charge in [0.1, 0.15) is 16.8 Å².